The molecule has 0 saturated carbocycles. The van der Waals surface area contributed by atoms with Crippen molar-refractivity contribution in [1.82, 2.24) is 4.90 Å². The molecule has 1 N–H and O–H groups in total. The summed E-state index contributed by atoms with van der Waals surface area (Å²) in [6.45, 7) is 1.76. The second-order valence-electron chi connectivity index (χ2n) is 4.63. The van der Waals surface area contributed by atoms with Gasteiger partial charge in [0.2, 0.25) is 5.91 Å². The number of nitrogens with zero attached hydrogens (tertiary/aromatic N) is 1. The van der Waals surface area contributed by atoms with Crippen LogP contribution in [0.3, 0.4) is 0 Å². The minimum atomic E-state index is -4.46. The number of anilines is 1. The number of nitrogens with one attached hydrogen (secondary N) is 1. The van der Waals surface area contributed by atoms with Gasteiger partial charge in [0, 0.05) is 24.6 Å². The van der Waals surface area contributed by atoms with Crippen LogP contribution < -0.4 is 5.32 Å². The quantitative estimate of drug-likeness (QED) is 0.917. The Morgan fingerprint density at radius 1 is 1.33 bits per heavy atom. The summed E-state index contributed by atoms with van der Waals surface area (Å²) in [5.74, 6) is 1.55. The number of carbonyl (C=O) groups excluding carboxylic acids is 1. The van der Waals surface area contributed by atoms with Gasteiger partial charge in [-0.15, -0.1) is 0 Å². The molecule has 0 atom stereocenters. The number of alkyl halides is 3. The van der Waals surface area contributed by atoms with Gasteiger partial charge in [0.1, 0.15) is 0 Å². The average Bonchev–Trinajstić information content (AvgIpc) is 2.41. The molecular formula is C13H14ClF3N2OS. The maximum absolute atomic E-state index is 12.6. The van der Waals surface area contributed by atoms with Crippen LogP contribution in [0.5, 0.6) is 0 Å². The molecule has 1 saturated heterocycles. The minimum Gasteiger partial charge on any atom is -0.324 e. The van der Waals surface area contributed by atoms with Gasteiger partial charge in [0.25, 0.3) is 0 Å². The maximum atomic E-state index is 12.6. The number of benzene rings is 1. The Labute approximate surface area is 129 Å². The van der Waals surface area contributed by atoms with Gasteiger partial charge in [-0.2, -0.15) is 24.9 Å². The van der Waals surface area contributed by atoms with Crippen molar-refractivity contribution in [2.45, 2.75) is 6.18 Å². The normalized spacial score (nSPS) is 16.8. The van der Waals surface area contributed by atoms with Crippen LogP contribution in [0.15, 0.2) is 18.2 Å². The second kappa shape index (κ2) is 6.89. The van der Waals surface area contributed by atoms with Gasteiger partial charge in [0.15, 0.2) is 0 Å². The van der Waals surface area contributed by atoms with Crippen molar-refractivity contribution in [2.75, 3.05) is 36.5 Å². The van der Waals surface area contributed by atoms with E-state index in [-0.39, 0.29) is 23.2 Å². The first-order valence-electron chi connectivity index (χ1n) is 6.33. The first-order chi connectivity index (χ1) is 9.86. The van der Waals surface area contributed by atoms with E-state index in [1.807, 2.05) is 16.7 Å². The molecule has 1 aromatic rings. The number of carbonyl (C=O) groups is 1. The number of thioether (sulfide) groups is 1. The highest BCUT2D eigenvalue weighted by Crippen LogP contribution is 2.33. The van der Waals surface area contributed by atoms with E-state index >= 15 is 0 Å². The highest BCUT2D eigenvalue weighted by Gasteiger charge is 2.31. The zero-order valence-corrected chi connectivity index (χ0v) is 12.6. The van der Waals surface area contributed by atoms with Crippen LogP contribution in [0.4, 0.5) is 18.9 Å². The second-order valence-corrected chi connectivity index (χ2v) is 6.26. The maximum Gasteiger partial charge on any atom is 0.416 e. The molecule has 0 aliphatic carbocycles. The molecule has 2 rings (SSSR count). The summed E-state index contributed by atoms with van der Waals surface area (Å²) < 4.78 is 37.9. The number of amides is 1. The van der Waals surface area contributed by atoms with E-state index < -0.39 is 11.7 Å². The Bertz CT molecular complexity index is 519. The summed E-state index contributed by atoms with van der Waals surface area (Å²) in [6.07, 6.45) is -4.46. The van der Waals surface area contributed by atoms with Gasteiger partial charge in [-0.25, -0.2) is 0 Å². The molecule has 1 aliphatic rings. The third-order valence-corrected chi connectivity index (χ3v) is 4.31. The van der Waals surface area contributed by atoms with Gasteiger partial charge < -0.3 is 5.32 Å². The molecule has 116 valence electrons. The van der Waals surface area contributed by atoms with Crippen molar-refractivity contribution in [3.8, 4) is 0 Å². The molecular weight excluding hydrogens is 325 g/mol. The Hall–Kier alpha value is -0.920. The van der Waals surface area contributed by atoms with Gasteiger partial charge >= 0.3 is 6.18 Å². The fourth-order valence-corrected chi connectivity index (χ4v) is 3.09. The van der Waals surface area contributed by atoms with Gasteiger partial charge in [-0.3, -0.25) is 9.69 Å². The fourth-order valence-electron chi connectivity index (χ4n) is 1.95. The van der Waals surface area contributed by atoms with Crippen LogP contribution in [-0.2, 0) is 11.0 Å². The Morgan fingerprint density at radius 2 is 2.00 bits per heavy atom. The van der Waals surface area contributed by atoms with E-state index in [1.165, 1.54) is 0 Å². The minimum absolute atomic E-state index is 0.0112. The lowest BCUT2D eigenvalue weighted by Crippen LogP contribution is -2.38. The Kier molecular flexibility index (Phi) is 5.40. The number of halogens is 4. The van der Waals surface area contributed by atoms with Crippen molar-refractivity contribution in [2.24, 2.45) is 0 Å². The van der Waals surface area contributed by atoms with Crippen LogP contribution in [0.2, 0.25) is 5.02 Å². The molecule has 0 bridgehead atoms. The third-order valence-electron chi connectivity index (χ3n) is 3.04. The van der Waals surface area contributed by atoms with Crippen LogP contribution in [-0.4, -0.2) is 41.9 Å². The summed E-state index contributed by atoms with van der Waals surface area (Å²) in [7, 11) is 0. The van der Waals surface area contributed by atoms with Crippen LogP contribution in [0.25, 0.3) is 0 Å². The molecule has 1 aliphatic heterocycles. The highest BCUT2D eigenvalue weighted by molar-refractivity contribution is 7.99. The van der Waals surface area contributed by atoms with Gasteiger partial charge in [-0.1, -0.05) is 11.6 Å². The standard InChI is InChI=1S/C13H14ClF3N2OS/c14-10-2-1-9(13(15,16)17)7-11(10)18-12(20)8-19-3-5-21-6-4-19/h1-2,7H,3-6,8H2,(H,18,20). The fraction of sp³-hybridized carbons (Fsp3) is 0.462. The predicted molar refractivity (Wildman–Crippen MR) is 78.8 cm³/mol. The summed E-state index contributed by atoms with van der Waals surface area (Å²) in [4.78, 5) is 13.9. The smallest absolute Gasteiger partial charge is 0.324 e. The van der Waals surface area contributed by atoms with Crippen LogP contribution in [0, 0.1) is 0 Å². The predicted octanol–water partition coefficient (Wildman–Crippen LogP) is 3.35. The van der Waals surface area contributed by atoms with Crippen molar-refractivity contribution in [3.05, 3.63) is 28.8 Å². The molecule has 3 nitrogen and oxygen atoms in total. The lowest BCUT2D eigenvalue weighted by molar-refractivity contribution is -0.137. The monoisotopic (exact) mass is 338 g/mol. The number of hydrogen-bond acceptors (Lipinski definition) is 3. The summed E-state index contributed by atoms with van der Waals surface area (Å²) in [5, 5.41) is 2.54. The van der Waals surface area contributed by atoms with E-state index in [0.717, 1.165) is 42.8 Å². The Morgan fingerprint density at radius 3 is 2.62 bits per heavy atom. The molecule has 1 heterocycles. The molecule has 21 heavy (non-hydrogen) atoms. The highest BCUT2D eigenvalue weighted by atomic mass is 35.5. The molecule has 1 aromatic carbocycles. The lowest BCUT2D eigenvalue weighted by atomic mass is 10.2. The van der Waals surface area contributed by atoms with Crippen molar-refractivity contribution >= 4 is 35.0 Å². The first kappa shape index (κ1) is 16.5. The third kappa shape index (κ3) is 4.79. The molecule has 0 unspecified atom stereocenters. The molecule has 8 heteroatoms. The van der Waals surface area contributed by atoms with Crippen molar-refractivity contribution in [3.63, 3.8) is 0 Å². The SMILES string of the molecule is O=C(CN1CCSCC1)Nc1cc(C(F)(F)F)ccc1Cl. The zero-order chi connectivity index (χ0) is 15.5. The molecule has 0 aromatic heterocycles. The summed E-state index contributed by atoms with van der Waals surface area (Å²) in [6, 6.07) is 2.88. The molecule has 0 spiro atoms. The molecule has 1 fully saturated rings. The number of hydrogen-bond donors (Lipinski definition) is 1. The zero-order valence-electron chi connectivity index (χ0n) is 11.0. The molecule has 0 radical (unpaired) electrons. The lowest BCUT2D eigenvalue weighted by Gasteiger charge is -2.25. The van der Waals surface area contributed by atoms with Gasteiger partial charge in [0.05, 0.1) is 22.8 Å². The Balaban J connectivity index is 2.02. The summed E-state index contributed by atoms with van der Waals surface area (Å²) in [5.41, 5.74) is -0.848. The van der Waals surface area contributed by atoms with Crippen LogP contribution in [0.1, 0.15) is 5.56 Å². The molecule has 1 amide bonds. The van der Waals surface area contributed by atoms with Crippen molar-refractivity contribution < 1.29 is 18.0 Å². The van der Waals surface area contributed by atoms with E-state index in [4.69, 9.17) is 11.6 Å². The van der Waals surface area contributed by atoms with E-state index in [9.17, 15) is 18.0 Å². The van der Waals surface area contributed by atoms with Crippen LogP contribution >= 0.6 is 23.4 Å². The van der Waals surface area contributed by atoms with E-state index in [2.05, 4.69) is 5.32 Å². The average molecular weight is 339 g/mol. The van der Waals surface area contributed by atoms with E-state index in [0.29, 0.717) is 0 Å². The van der Waals surface area contributed by atoms with E-state index in [1.54, 1.807) is 0 Å². The topological polar surface area (TPSA) is 32.3 Å². The largest absolute Gasteiger partial charge is 0.416 e. The van der Waals surface area contributed by atoms with Gasteiger partial charge in [-0.05, 0) is 18.2 Å². The first-order valence-corrected chi connectivity index (χ1v) is 7.86. The number of rotatable bonds is 3. The summed E-state index contributed by atoms with van der Waals surface area (Å²) >= 11 is 7.65. The van der Waals surface area contributed by atoms with Crippen molar-refractivity contribution in [1.29, 1.82) is 0 Å².